The molecule has 2 rings (SSSR count). The maximum Gasteiger partial charge on any atom is 0.185 e. The standard InChI is InChI=1S/C16H30N4S/c1-5-9-20(11-10-19(3)4)16-18-15(13-7-8-13)14(21-16)12-17-6-2/h13,17H,5-12H2,1-4H3. The van der Waals surface area contributed by atoms with Crippen LogP contribution in [-0.2, 0) is 6.54 Å². The minimum absolute atomic E-state index is 0.737. The van der Waals surface area contributed by atoms with E-state index in [2.05, 4.69) is 43.1 Å². The van der Waals surface area contributed by atoms with Crippen LogP contribution in [0.3, 0.4) is 0 Å². The number of hydrogen-bond acceptors (Lipinski definition) is 5. The van der Waals surface area contributed by atoms with Crippen molar-refractivity contribution in [3.05, 3.63) is 10.6 Å². The van der Waals surface area contributed by atoms with Crippen LogP contribution in [0.15, 0.2) is 0 Å². The van der Waals surface area contributed by atoms with Crippen LogP contribution in [0, 0.1) is 0 Å². The quantitative estimate of drug-likeness (QED) is 0.720. The van der Waals surface area contributed by atoms with Gasteiger partial charge in [-0.05, 0) is 39.9 Å². The lowest BCUT2D eigenvalue weighted by Crippen LogP contribution is -2.32. The Hall–Kier alpha value is -0.650. The van der Waals surface area contributed by atoms with E-state index in [1.807, 2.05) is 11.3 Å². The molecule has 1 aromatic heterocycles. The normalized spacial score (nSPS) is 14.9. The number of aromatic nitrogens is 1. The van der Waals surface area contributed by atoms with Gasteiger partial charge in [0.25, 0.3) is 0 Å². The Balaban J connectivity index is 2.11. The van der Waals surface area contributed by atoms with Crippen molar-refractivity contribution in [2.24, 2.45) is 0 Å². The fourth-order valence-corrected chi connectivity index (χ4v) is 3.59. The van der Waals surface area contributed by atoms with Crippen molar-refractivity contribution in [3.8, 4) is 0 Å². The molecule has 1 saturated carbocycles. The maximum atomic E-state index is 5.01. The van der Waals surface area contributed by atoms with Gasteiger partial charge in [0.05, 0.1) is 5.69 Å². The van der Waals surface area contributed by atoms with Gasteiger partial charge < -0.3 is 15.1 Å². The van der Waals surface area contributed by atoms with Crippen molar-refractivity contribution in [1.29, 1.82) is 0 Å². The Morgan fingerprint density at radius 1 is 1.19 bits per heavy atom. The van der Waals surface area contributed by atoms with Crippen LogP contribution < -0.4 is 10.2 Å². The predicted molar refractivity (Wildman–Crippen MR) is 92.5 cm³/mol. The number of rotatable bonds is 10. The third-order valence-electron chi connectivity index (χ3n) is 3.80. The van der Waals surface area contributed by atoms with E-state index in [-0.39, 0.29) is 0 Å². The molecule has 0 aromatic carbocycles. The Morgan fingerprint density at radius 3 is 2.52 bits per heavy atom. The van der Waals surface area contributed by atoms with Gasteiger partial charge in [-0.2, -0.15) is 0 Å². The summed E-state index contributed by atoms with van der Waals surface area (Å²) in [5.41, 5.74) is 1.38. The minimum Gasteiger partial charge on any atom is -0.347 e. The first-order valence-electron chi connectivity index (χ1n) is 8.25. The molecule has 1 heterocycles. The Bertz CT molecular complexity index is 426. The van der Waals surface area contributed by atoms with Crippen molar-refractivity contribution >= 4 is 16.5 Å². The maximum absolute atomic E-state index is 5.01. The molecule has 0 radical (unpaired) electrons. The molecule has 0 saturated heterocycles. The summed E-state index contributed by atoms with van der Waals surface area (Å²) in [5, 5.41) is 4.70. The summed E-state index contributed by atoms with van der Waals surface area (Å²) >= 11 is 1.90. The highest BCUT2D eigenvalue weighted by molar-refractivity contribution is 7.15. The van der Waals surface area contributed by atoms with Gasteiger partial charge in [0, 0.05) is 37.0 Å². The summed E-state index contributed by atoms with van der Waals surface area (Å²) in [6.07, 6.45) is 3.83. The first-order chi connectivity index (χ1) is 10.2. The summed E-state index contributed by atoms with van der Waals surface area (Å²) in [4.78, 5) is 11.2. The van der Waals surface area contributed by atoms with Crippen molar-refractivity contribution in [2.75, 3.05) is 45.2 Å². The summed E-state index contributed by atoms with van der Waals surface area (Å²) < 4.78 is 0. The van der Waals surface area contributed by atoms with E-state index in [0.29, 0.717) is 0 Å². The Kier molecular flexibility index (Phi) is 6.45. The van der Waals surface area contributed by atoms with Gasteiger partial charge in [-0.3, -0.25) is 0 Å². The van der Waals surface area contributed by atoms with Crippen LogP contribution in [0.4, 0.5) is 5.13 Å². The van der Waals surface area contributed by atoms with Crippen molar-refractivity contribution in [3.63, 3.8) is 0 Å². The van der Waals surface area contributed by atoms with E-state index >= 15 is 0 Å². The second-order valence-electron chi connectivity index (χ2n) is 6.15. The van der Waals surface area contributed by atoms with E-state index in [1.165, 1.54) is 35.0 Å². The lowest BCUT2D eigenvalue weighted by Gasteiger charge is -2.23. The molecule has 1 N–H and O–H groups in total. The van der Waals surface area contributed by atoms with Crippen LogP contribution in [0.2, 0.25) is 0 Å². The monoisotopic (exact) mass is 310 g/mol. The van der Waals surface area contributed by atoms with Gasteiger partial charge >= 0.3 is 0 Å². The Morgan fingerprint density at radius 2 is 1.95 bits per heavy atom. The van der Waals surface area contributed by atoms with E-state index < -0.39 is 0 Å². The lowest BCUT2D eigenvalue weighted by atomic mass is 10.2. The highest BCUT2D eigenvalue weighted by atomic mass is 32.1. The van der Waals surface area contributed by atoms with Gasteiger partial charge in [0.15, 0.2) is 5.13 Å². The van der Waals surface area contributed by atoms with Gasteiger partial charge in [-0.25, -0.2) is 4.98 Å². The molecule has 5 heteroatoms. The largest absolute Gasteiger partial charge is 0.347 e. The third-order valence-corrected chi connectivity index (χ3v) is 4.93. The third kappa shape index (κ3) is 4.94. The zero-order valence-electron chi connectivity index (χ0n) is 14.0. The zero-order chi connectivity index (χ0) is 15.2. The SMILES string of the molecule is CCCN(CCN(C)C)c1nc(C2CC2)c(CNCC)s1. The molecule has 0 amide bonds. The van der Waals surface area contributed by atoms with Crippen LogP contribution in [0.5, 0.6) is 0 Å². The van der Waals surface area contributed by atoms with Crippen LogP contribution in [0.25, 0.3) is 0 Å². The second-order valence-corrected chi connectivity index (χ2v) is 7.21. The average molecular weight is 311 g/mol. The highest BCUT2D eigenvalue weighted by Gasteiger charge is 2.30. The molecule has 1 fully saturated rings. The molecule has 0 spiro atoms. The van der Waals surface area contributed by atoms with E-state index in [9.17, 15) is 0 Å². The molecule has 1 aliphatic carbocycles. The van der Waals surface area contributed by atoms with Gasteiger partial charge in [0.2, 0.25) is 0 Å². The minimum atomic E-state index is 0.737. The number of hydrogen-bond donors (Lipinski definition) is 1. The van der Waals surface area contributed by atoms with Crippen LogP contribution in [0.1, 0.15) is 49.6 Å². The van der Waals surface area contributed by atoms with Crippen LogP contribution in [-0.4, -0.2) is 50.2 Å². The van der Waals surface area contributed by atoms with E-state index in [4.69, 9.17) is 4.98 Å². The second kappa shape index (κ2) is 8.11. The summed E-state index contributed by atoms with van der Waals surface area (Å²) in [5.74, 6) is 0.737. The Labute approximate surface area is 133 Å². The molecular weight excluding hydrogens is 280 g/mol. The number of thiazole rings is 1. The van der Waals surface area contributed by atoms with Gasteiger partial charge in [-0.15, -0.1) is 11.3 Å². The fraction of sp³-hybridized carbons (Fsp3) is 0.812. The fourth-order valence-electron chi connectivity index (χ4n) is 2.42. The number of nitrogens with zero attached hydrogens (tertiary/aromatic N) is 3. The van der Waals surface area contributed by atoms with Crippen molar-refractivity contribution < 1.29 is 0 Å². The molecule has 0 unspecified atom stereocenters. The number of nitrogens with one attached hydrogen (secondary N) is 1. The van der Waals surface area contributed by atoms with Gasteiger partial charge in [0.1, 0.15) is 0 Å². The van der Waals surface area contributed by atoms with E-state index in [0.717, 1.165) is 38.6 Å². The first-order valence-corrected chi connectivity index (χ1v) is 9.07. The molecular formula is C16H30N4S. The van der Waals surface area contributed by atoms with Gasteiger partial charge in [-0.1, -0.05) is 13.8 Å². The van der Waals surface area contributed by atoms with Crippen molar-refractivity contribution in [2.45, 2.75) is 45.6 Å². The topological polar surface area (TPSA) is 31.4 Å². The molecule has 1 aliphatic rings. The molecule has 120 valence electrons. The molecule has 0 bridgehead atoms. The van der Waals surface area contributed by atoms with E-state index in [1.54, 1.807) is 0 Å². The first kappa shape index (κ1) is 16.7. The molecule has 0 aliphatic heterocycles. The highest BCUT2D eigenvalue weighted by Crippen LogP contribution is 2.44. The zero-order valence-corrected chi connectivity index (χ0v) is 14.8. The average Bonchev–Trinajstić information content (AvgIpc) is 3.21. The summed E-state index contributed by atoms with van der Waals surface area (Å²) in [6, 6.07) is 0. The molecule has 1 aromatic rings. The summed E-state index contributed by atoms with van der Waals surface area (Å²) in [7, 11) is 4.27. The van der Waals surface area contributed by atoms with Crippen molar-refractivity contribution in [1.82, 2.24) is 15.2 Å². The molecule has 0 atom stereocenters. The smallest absolute Gasteiger partial charge is 0.185 e. The summed E-state index contributed by atoms with van der Waals surface area (Å²) in [6.45, 7) is 9.67. The number of likely N-dealkylation sites (N-methyl/N-ethyl adjacent to an activating group) is 1. The molecule has 4 nitrogen and oxygen atoms in total. The molecule has 21 heavy (non-hydrogen) atoms. The lowest BCUT2D eigenvalue weighted by molar-refractivity contribution is 0.413. The van der Waals surface area contributed by atoms with Crippen LogP contribution >= 0.6 is 11.3 Å². The number of anilines is 1. The predicted octanol–water partition coefficient (Wildman–Crippen LogP) is 2.91.